The number of rotatable bonds is 3. The largest absolute Gasteiger partial charge is 0.385 e. The van der Waals surface area contributed by atoms with Crippen molar-refractivity contribution >= 4 is 11.6 Å². The monoisotopic (exact) mass is 286 g/mol. The van der Waals surface area contributed by atoms with Crippen molar-refractivity contribution in [3.63, 3.8) is 0 Å². The van der Waals surface area contributed by atoms with Gasteiger partial charge in [-0.1, -0.05) is 44.6 Å². The minimum absolute atomic E-state index is 0.121. The number of carbonyl (C=O) groups is 1. The lowest BCUT2D eigenvalue weighted by molar-refractivity contribution is 0.0766. The lowest BCUT2D eigenvalue weighted by Crippen LogP contribution is -2.36. The average molecular weight is 286 g/mol. The second-order valence-electron chi connectivity index (χ2n) is 6.56. The van der Waals surface area contributed by atoms with Crippen molar-refractivity contribution in [1.82, 2.24) is 4.90 Å². The highest BCUT2D eigenvalue weighted by Gasteiger charge is 2.25. The molecule has 2 rings (SSSR count). The average Bonchev–Trinajstić information content (AvgIpc) is 2.47. The van der Waals surface area contributed by atoms with Crippen LogP contribution < -0.4 is 5.32 Å². The summed E-state index contributed by atoms with van der Waals surface area (Å²) in [5.41, 5.74) is 3.35. The molecule has 1 amide bonds. The van der Waals surface area contributed by atoms with Crippen molar-refractivity contribution in [2.45, 2.75) is 34.1 Å². The fourth-order valence-electron chi connectivity index (χ4n) is 2.72. The summed E-state index contributed by atoms with van der Waals surface area (Å²) in [4.78, 5) is 14.6. The summed E-state index contributed by atoms with van der Waals surface area (Å²) in [5.74, 6) is 0.121. The normalized spacial score (nSPS) is 15.6. The maximum Gasteiger partial charge on any atom is 0.256 e. The van der Waals surface area contributed by atoms with E-state index < -0.39 is 0 Å². The number of anilines is 1. The molecule has 114 valence electrons. The summed E-state index contributed by atoms with van der Waals surface area (Å²) in [7, 11) is 0. The van der Waals surface area contributed by atoms with Crippen LogP contribution >= 0.6 is 0 Å². The van der Waals surface area contributed by atoms with Gasteiger partial charge in [-0.15, -0.1) is 0 Å². The number of para-hydroxylation sites is 1. The molecule has 0 radical (unpaired) electrons. The highest BCUT2D eigenvalue weighted by molar-refractivity contribution is 5.99. The molecule has 0 fully saturated rings. The second kappa shape index (κ2) is 6.33. The SMILES string of the molecule is CCNc1ccccc1C(=O)N1CC=C(C(C)(C)C)CC1. The summed E-state index contributed by atoms with van der Waals surface area (Å²) < 4.78 is 0. The van der Waals surface area contributed by atoms with Crippen LogP contribution in [0, 0.1) is 5.41 Å². The van der Waals surface area contributed by atoms with Crippen molar-refractivity contribution in [2.24, 2.45) is 5.41 Å². The molecule has 21 heavy (non-hydrogen) atoms. The first kappa shape index (κ1) is 15.6. The summed E-state index contributed by atoms with van der Waals surface area (Å²) in [5, 5.41) is 3.27. The van der Waals surface area contributed by atoms with Crippen LogP contribution in [0.5, 0.6) is 0 Å². The highest BCUT2D eigenvalue weighted by atomic mass is 16.2. The predicted molar refractivity (Wildman–Crippen MR) is 88.7 cm³/mol. The van der Waals surface area contributed by atoms with E-state index in [1.54, 1.807) is 0 Å². The van der Waals surface area contributed by atoms with Gasteiger partial charge >= 0.3 is 0 Å². The van der Waals surface area contributed by atoms with E-state index >= 15 is 0 Å². The van der Waals surface area contributed by atoms with Gasteiger partial charge in [-0.3, -0.25) is 4.79 Å². The van der Waals surface area contributed by atoms with Gasteiger partial charge in [0.2, 0.25) is 0 Å². The van der Waals surface area contributed by atoms with E-state index in [2.05, 4.69) is 32.2 Å². The van der Waals surface area contributed by atoms with E-state index in [1.807, 2.05) is 36.1 Å². The molecule has 0 spiro atoms. The fraction of sp³-hybridized carbons (Fsp3) is 0.500. The standard InChI is InChI=1S/C18H26N2O/c1-5-19-16-9-7-6-8-15(16)17(21)20-12-10-14(11-13-20)18(2,3)4/h6-10,19H,5,11-13H2,1-4H3. The Bertz CT molecular complexity index is 540. The molecule has 0 atom stereocenters. The molecule has 1 aromatic carbocycles. The van der Waals surface area contributed by atoms with Crippen LogP contribution in [0.2, 0.25) is 0 Å². The minimum atomic E-state index is 0.121. The number of hydrogen-bond acceptors (Lipinski definition) is 2. The number of benzene rings is 1. The third kappa shape index (κ3) is 3.66. The van der Waals surface area contributed by atoms with Crippen LogP contribution in [0.15, 0.2) is 35.9 Å². The number of nitrogens with one attached hydrogen (secondary N) is 1. The van der Waals surface area contributed by atoms with Crippen molar-refractivity contribution in [3.8, 4) is 0 Å². The van der Waals surface area contributed by atoms with E-state index in [0.717, 1.165) is 30.8 Å². The van der Waals surface area contributed by atoms with Crippen molar-refractivity contribution in [1.29, 1.82) is 0 Å². The summed E-state index contributed by atoms with van der Waals surface area (Å²) in [6.45, 7) is 11.1. The Balaban J connectivity index is 2.14. The molecule has 0 saturated carbocycles. The first-order valence-corrected chi connectivity index (χ1v) is 7.75. The minimum Gasteiger partial charge on any atom is -0.385 e. The molecule has 0 unspecified atom stereocenters. The Morgan fingerprint density at radius 2 is 2.00 bits per heavy atom. The van der Waals surface area contributed by atoms with Gasteiger partial charge in [-0.2, -0.15) is 0 Å². The molecule has 0 saturated heterocycles. The molecule has 3 nitrogen and oxygen atoms in total. The van der Waals surface area contributed by atoms with Gasteiger partial charge in [-0.05, 0) is 30.9 Å². The lowest BCUT2D eigenvalue weighted by Gasteiger charge is -2.32. The number of carbonyl (C=O) groups excluding carboxylic acids is 1. The molecule has 1 N–H and O–H groups in total. The maximum absolute atomic E-state index is 12.7. The van der Waals surface area contributed by atoms with Gasteiger partial charge in [0, 0.05) is 25.3 Å². The Kier molecular flexibility index (Phi) is 4.71. The van der Waals surface area contributed by atoms with Crippen molar-refractivity contribution in [3.05, 3.63) is 41.5 Å². The van der Waals surface area contributed by atoms with E-state index in [4.69, 9.17) is 0 Å². The van der Waals surface area contributed by atoms with E-state index in [9.17, 15) is 4.79 Å². The smallest absolute Gasteiger partial charge is 0.256 e. The number of hydrogen-bond donors (Lipinski definition) is 1. The van der Waals surface area contributed by atoms with Crippen LogP contribution in [0.4, 0.5) is 5.69 Å². The van der Waals surface area contributed by atoms with Gasteiger partial charge in [0.25, 0.3) is 5.91 Å². The van der Waals surface area contributed by atoms with Gasteiger partial charge in [-0.25, -0.2) is 0 Å². The molecule has 1 aliphatic rings. The van der Waals surface area contributed by atoms with Crippen LogP contribution in [0.1, 0.15) is 44.5 Å². The van der Waals surface area contributed by atoms with E-state index in [-0.39, 0.29) is 11.3 Å². The lowest BCUT2D eigenvalue weighted by atomic mass is 9.83. The molecule has 0 bridgehead atoms. The quantitative estimate of drug-likeness (QED) is 0.854. The predicted octanol–water partition coefficient (Wildman–Crippen LogP) is 3.94. The Labute approximate surface area is 128 Å². The van der Waals surface area contributed by atoms with Crippen LogP contribution in [-0.4, -0.2) is 30.4 Å². The van der Waals surface area contributed by atoms with Crippen LogP contribution in [0.3, 0.4) is 0 Å². The highest BCUT2D eigenvalue weighted by Crippen LogP contribution is 2.30. The number of nitrogens with zero attached hydrogens (tertiary/aromatic N) is 1. The third-order valence-corrected chi connectivity index (χ3v) is 3.98. The molecule has 1 heterocycles. The summed E-state index contributed by atoms with van der Waals surface area (Å²) in [6.07, 6.45) is 3.19. The molecule has 0 aromatic heterocycles. The Morgan fingerprint density at radius 3 is 2.57 bits per heavy atom. The molecule has 3 heteroatoms. The first-order valence-electron chi connectivity index (χ1n) is 7.75. The first-order chi connectivity index (χ1) is 9.93. The van der Waals surface area contributed by atoms with Gasteiger partial charge in [0.15, 0.2) is 0 Å². The molecule has 1 aliphatic heterocycles. The Morgan fingerprint density at radius 1 is 1.29 bits per heavy atom. The molecule has 1 aromatic rings. The number of amides is 1. The van der Waals surface area contributed by atoms with Crippen LogP contribution in [0.25, 0.3) is 0 Å². The van der Waals surface area contributed by atoms with Crippen molar-refractivity contribution in [2.75, 3.05) is 25.0 Å². The zero-order chi connectivity index (χ0) is 15.5. The summed E-state index contributed by atoms with van der Waals surface area (Å²) in [6, 6.07) is 7.76. The maximum atomic E-state index is 12.7. The molecular formula is C18H26N2O. The third-order valence-electron chi connectivity index (χ3n) is 3.98. The van der Waals surface area contributed by atoms with E-state index in [1.165, 1.54) is 5.57 Å². The molecular weight excluding hydrogens is 260 g/mol. The fourth-order valence-corrected chi connectivity index (χ4v) is 2.72. The van der Waals surface area contributed by atoms with Gasteiger partial charge < -0.3 is 10.2 Å². The van der Waals surface area contributed by atoms with E-state index in [0.29, 0.717) is 6.54 Å². The van der Waals surface area contributed by atoms with Gasteiger partial charge in [0.05, 0.1) is 5.56 Å². The zero-order valence-electron chi connectivity index (χ0n) is 13.6. The second-order valence-corrected chi connectivity index (χ2v) is 6.56. The zero-order valence-corrected chi connectivity index (χ0v) is 13.6. The van der Waals surface area contributed by atoms with Crippen molar-refractivity contribution < 1.29 is 4.79 Å². The Hall–Kier alpha value is -1.77. The summed E-state index contributed by atoms with van der Waals surface area (Å²) >= 11 is 0. The van der Waals surface area contributed by atoms with Crippen LogP contribution in [-0.2, 0) is 0 Å². The topological polar surface area (TPSA) is 32.3 Å². The molecule has 0 aliphatic carbocycles. The van der Waals surface area contributed by atoms with Gasteiger partial charge in [0.1, 0.15) is 0 Å².